The lowest BCUT2D eigenvalue weighted by Crippen LogP contribution is -2.33. The lowest BCUT2D eigenvalue weighted by molar-refractivity contribution is -0.121. The number of halogens is 4. The van der Waals surface area contributed by atoms with E-state index in [1.54, 1.807) is 0 Å². The molecular formula is C8H7ClF3NO4S2. The van der Waals surface area contributed by atoms with Crippen LogP contribution in [0, 0.1) is 0 Å². The summed E-state index contributed by atoms with van der Waals surface area (Å²) in [5.74, 6) is 0. The number of alkyl halides is 3. The summed E-state index contributed by atoms with van der Waals surface area (Å²) >= 11 is 0. The minimum Gasteiger partial charge on any atom is -0.207 e. The fourth-order valence-corrected chi connectivity index (χ4v) is 2.98. The third kappa shape index (κ3) is 4.97. The van der Waals surface area contributed by atoms with Gasteiger partial charge in [-0.05, 0) is 18.2 Å². The molecule has 1 rings (SSSR count). The summed E-state index contributed by atoms with van der Waals surface area (Å²) in [6.45, 7) is -1.76. The molecule has 0 amide bonds. The van der Waals surface area contributed by atoms with Crippen molar-refractivity contribution in [3.05, 3.63) is 24.3 Å². The van der Waals surface area contributed by atoms with Crippen LogP contribution in [0.3, 0.4) is 0 Å². The molecule has 0 heterocycles. The molecule has 1 aromatic carbocycles. The van der Waals surface area contributed by atoms with E-state index in [1.165, 1.54) is 4.72 Å². The van der Waals surface area contributed by atoms with Gasteiger partial charge in [0.2, 0.25) is 10.0 Å². The van der Waals surface area contributed by atoms with Crippen molar-refractivity contribution in [3.63, 3.8) is 0 Å². The van der Waals surface area contributed by atoms with Gasteiger partial charge in [0.05, 0.1) is 9.79 Å². The van der Waals surface area contributed by atoms with Crippen LogP contribution in [0.5, 0.6) is 0 Å². The lowest BCUT2D eigenvalue weighted by atomic mass is 10.4. The molecule has 1 aromatic rings. The van der Waals surface area contributed by atoms with E-state index in [2.05, 4.69) is 0 Å². The van der Waals surface area contributed by atoms with Crippen LogP contribution >= 0.6 is 10.7 Å². The Morgan fingerprint density at radius 2 is 1.63 bits per heavy atom. The Bertz CT molecular complexity index is 669. The molecule has 0 fully saturated rings. The molecule has 0 saturated heterocycles. The number of nitrogens with one attached hydrogen (secondary N) is 1. The fraction of sp³-hybridized carbons (Fsp3) is 0.250. The van der Waals surface area contributed by atoms with Gasteiger partial charge in [0.1, 0.15) is 6.54 Å². The van der Waals surface area contributed by atoms with E-state index in [9.17, 15) is 30.0 Å². The maximum absolute atomic E-state index is 11.9. The highest BCUT2D eigenvalue weighted by atomic mass is 35.7. The van der Waals surface area contributed by atoms with Crippen molar-refractivity contribution < 1.29 is 30.0 Å². The van der Waals surface area contributed by atoms with Gasteiger partial charge >= 0.3 is 6.18 Å². The highest BCUT2D eigenvalue weighted by molar-refractivity contribution is 8.13. The van der Waals surface area contributed by atoms with Gasteiger partial charge in [-0.2, -0.15) is 13.2 Å². The Labute approximate surface area is 111 Å². The summed E-state index contributed by atoms with van der Waals surface area (Å²) in [7, 11) is -3.63. The number of hydrogen-bond donors (Lipinski definition) is 1. The summed E-state index contributed by atoms with van der Waals surface area (Å²) in [5.41, 5.74) is 0. The first-order valence-corrected chi connectivity index (χ1v) is 8.32. The summed E-state index contributed by atoms with van der Waals surface area (Å²) < 4.78 is 82.1. The van der Waals surface area contributed by atoms with Gasteiger partial charge < -0.3 is 0 Å². The highest BCUT2D eigenvalue weighted by Gasteiger charge is 2.30. The van der Waals surface area contributed by atoms with E-state index in [4.69, 9.17) is 10.7 Å². The first-order chi connectivity index (χ1) is 8.42. The molecule has 11 heteroatoms. The van der Waals surface area contributed by atoms with Crippen LogP contribution in [0.2, 0.25) is 0 Å². The van der Waals surface area contributed by atoms with Gasteiger partial charge in [-0.1, -0.05) is 6.07 Å². The Kier molecular flexibility index (Phi) is 4.50. The molecular weight excluding hydrogens is 331 g/mol. The van der Waals surface area contributed by atoms with Crippen LogP contribution in [0.1, 0.15) is 0 Å². The average Bonchev–Trinajstić information content (AvgIpc) is 2.25. The van der Waals surface area contributed by atoms with Crippen LogP contribution in [0.4, 0.5) is 13.2 Å². The Morgan fingerprint density at radius 1 is 1.11 bits per heavy atom. The normalized spacial score (nSPS) is 13.5. The van der Waals surface area contributed by atoms with E-state index in [0.29, 0.717) is 6.07 Å². The molecule has 0 atom stereocenters. The Balaban J connectivity index is 3.10. The molecule has 0 spiro atoms. The quantitative estimate of drug-likeness (QED) is 0.843. The predicted molar refractivity (Wildman–Crippen MR) is 60.7 cm³/mol. The number of sulfonamides is 1. The van der Waals surface area contributed by atoms with Crippen molar-refractivity contribution in [1.29, 1.82) is 0 Å². The maximum Gasteiger partial charge on any atom is 0.402 e. The van der Waals surface area contributed by atoms with Crippen LogP contribution in [-0.4, -0.2) is 29.6 Å². The number of benzene rings is 1. The lowest BCUT2D eigenvalue weighted by Gasteiger charge is -2.09. The van der Waals surface area contributed by atoms with Crippen molar-refractivity contribution in [1.82, 2.24) is 4.72 Å². The van der Waals surface area contributed by atoms with E-state index in [-0.39, 0.29) is 0 Å². The second kappa shape index (κ2) is 5.27. The minimum absolute atomic E-state index is 0.524. The second-order valence-corrected chi connectivity index (χ2v) is 7.69. The molecule has 0 aliphatic carbocycles. The summed E-state index contributed by atoms with van der Waals surface area (Å²) in [5, 5.41) is 0. The van der Waals surface area contributed by atoms with Crippen LogP contribution in [0.25, 0.3) is 0 Å². The molecule has 0 aliphatic rings. The molecule has 0 unspecified atom stereocenters. The third-order valence-corrected chi connectivity index (χ3v) is 4.61. The van der Waals surface area contributed by atoms with E-state index in [1.807, 2.05) is 0 Å². The number of rotatable bonds is 4. The zero-order valence-corrected chi connectivity index (χ0v) is 11.4. The Morgan fingerprint density at radius 3 is 2.11 bits per heavy atom. The van der Waals surface area contributed by atoms with Gasteiger partial charge in [-0.15, -0.1) is 0 Å². The third-order valence-electron chi connectivity index (χ3n) is 1.86. The van der Waals surface area contributed by atoms with E-state index < -0.39 is 41.6 Å². The molecule has 108 valence electrons. The Hall–Kier alpha value is -0.840. The van der Waals surface area contributed by atoms with Gasteiger partial charge in [-0.3, -0.25) is 0 Å². The topological polar surface area (TPSA) is 80.3 Å². The molecule has 19 heavy (non-hydrogen) atoms. The first-order valence-electron chi connectivity index (χ1n) is 4.53. The molecule has 1 N–H and O–H groups in total. The molecule has 0 aromatic heterocycles. The summed E-state index contributed by atoms with van der Waals surface area (Å²) in [6, 6.07) is 3.69. The van der Waals surface area contributed by atoms with Gasteiger partial charge in [0, 0.05) is 10.7 Å². The van der Waals surface area contributed by atoms with Crippen LogP contribution in [0.15, 0.2) is 34.1 Å². The largest absolute Gasteiger partial charge is 0.402 e. The summed E-state index contributed by atoms with van der Waals surface area (Å²) in [6.07, 6.45) is -4.72. The highest BCUT2D eigenvalue weighted by Crippen LogP contribution is 2.20. The maximum atomic E-state index is 11.9. The van der Waals surface area contributed by atoms with Crippen molar-refractivity contribution in [2.24, 2.45) is 0 Å². The van der Waals surface area contributed by atoms with Crippen molar-refractivity contribution in [2.45, 2.75) is 16.0 Å². The molecule has 0 saturated carbocycles. The monoisotopic (exact) mass is 337 g/mol. The van der Waals surface area contributed by atoms with Crippen molar-refractivity contribution in [3.8, 4) is 0 Å². The van der Waals surface area contributed by atoms with Gasteiger partial charge in [0.15, 0.2) is 0 Å². The molecule has 0 radical (unpaired) electrons. The van der Waals surface area contributed by atoms with Gasteiger partial charge in [-0.25, -0.2) is 21.6 Å². The molecule has 0 bridgehead atoms. The van der Waals surface area contributed by atoms with Crippen molar-refractivity contribution in [2.75, 3.05) is 6.54 Å². The molecule has 5 nitrogen and oxygen atoms in total. The van der Waals surface area contributed by atoms with E-state index >= 15 is 0 Å². The predicted octanol–water partition coefficient (Wildman–Crippen LogP) is 1.45. The van der Waals surface area contributed by atoms with Crippen molar-refractivity contribution >= 4 is 29.8 Å². The smallest absolute Gasteiger partial charge is 0.207 e. The summed E-state index contributed by atoms with van der Waals surface area (Å²) in [4.78, 5) is -1.15. The zero-order chi connectivity index (χ0) is 14.9. The number of hydrogen-bond acceptors (Lipinski definition) is 4. The second-order valence-electron chi connectivity index (χ2n) is 3.35. The van der Waals surface area contributed by atoms with Crippen LogP contribution < -0.4 is 4.72 Å². The average molecular weight is 338 g/mol. The SMILES string of the molecule is O=S(=O)(Cl)c1cccc(S(=O)(=O)NCC(F)(F)F)c1. The molecule has 0 aliphatic heterocycles. The van der Waals surface area contributed by atoms with Gasteiger partial charge in [0.25, 0.3) is 9.05 Å². The standard InChI is InChI=1S/C8H7ClF3NO4S2/c9-18(14,15)6-2-1-3-7(4-6)19(16,17)13-5-8(10,11)12/h1-4,13H,5H2. The fourth-order valence-electron chi connectivity index (χ4n) is 1.05. The van der Waals surface area contributed by atoms with Crippen LogP contribution in [-0.2, 0) is 19.1 Å². The first kappa shape index (κ1) is 16.2. The zero-order valence-electron chi connectivity index (χ0n) is 8.98. The van der Waals surface area contributed by atoms with E-state index in [0.717, 1.165) is 18.2 Å². The minimum atomic E-state index is -4.72.